The molecule has 0 saturated heterocycles. The Morgan fingerprint density at radius 3 is 2.19 bits per heavy atom. The number of benzene rings is 2. The summed E-state index contributed by atoms with van der Waals surface area (Å²) in [5.74, 6) is 0.624. The molecule has 1 atom stereocenters. The fourth-order valence-electron chi connectivity index (χ4n) is 3.51. The van der Waals surface area contributed by atoms with Gasteiger partial charge in [0.1, 0.15) is 11.8 Å². The molecule has 0 bridgehead atoms. The van der Waals surface area contributed by atoms with Crippen molar-refractivity contribution in [3.05, 3.63) is 63.8 Å². The van der Waals surface area contributed by atoms with Crippen LogP contribution in [-0.2, 0) is 10.0 Å². The molecule has 0 aliphatic rings. The average molecular weight is 471 g/mol. The number of rotatable bonds is 8. The van der Waals surface area contributed by atoms with E-state index in [1.165, 1.54) is 7.11 Å². The van der Waals surface area contributed by atoms with Crippen molar-refractivity contribution < 1.29 is 26.3 Å². The second kappa shape index (κ2) is 9.95. The molecule has 0 spiro atoms. The Hall–Kier alpha value is -2.52. The number of sulfonamides is 1. The summed E-state index contributed by atoms with van der Waals surface area (Å²) in [5.41, 5.74) is 3.79. The topological polar surface area (TPSA) is 67.4 Å². The summed E-state index contributed by atoms with van der Waals surface area (Å²) < 4.78 is 73.7. The highest BCUT2D eigenvalue weighted by atomic mass is 32.2. The first-order valence-electron chi connectivity index (χ1n) is 9.98. The molecule has 0 aromatic heterocycles. The maximum atomic E-state index is 13.7. The standard InChI is InChI=1S/C23H29F3N2O3S/c1-14-9-16(3)22(17(4)10-14)32(29,30)28-21(23(24,25)26)13-27-18(5)11-19-12-20(31-6)8-7-15(19)2/h7-12,21,27-28H,13H2,1-6H3/b18-11-. The monoisotopic (exact) mass is 470 g/mol. The van der Waals surface area contributed by atoms with Crippen LogP contribution >= 0.6 is 0 Å². The molecule has 9 heteroatoms. The molecule has 5 nitrogen and oxygen atoms in total. The molecule has 0 fully saturated rings. The number of aryl methyl sites for hydroxylation is 4. The molecule has 0 amide bonds. The highest BCUT2D eigenvalue weighted by Gasteiger charge is 2.42. The number of hydrogen-bond acceptors (Lipinski definition) is 4. The first-order chi connectivity index (χ1) is 14.7. The largest absolute Gasteiger partial charge is 0.497 e. The third kappa shape index (κ3) is 6.49. The van der Waals surface area contributed by atoms with Crippen LogP contribution in [0.3, 0.4) is 0 Å². The lowest BCUT2D eigenvalue weighted by atomic mass is 10.1. The van der Waals surface area contributed by atoms with E-state index in [1.54, 1.807) is 58.0 Å². The van der Waals surface area contributed by atoms with Crippen molar-refractivity contribution >= 4 is 16.1 Å². The van der Waals surface area contributed by atoms with E-state index in [2.05, 4.69) is 5.32 Å². The smallest absolute Gasteiger partial charge is 0.406 e. The molecule has 0 radical (unpaired) electrons. The highest BCUT2D eigenvalue weighted by molar-refractivity contribution is 7.89. The average Bonchev–Trinajstić information content (AvgIpc) is 2.64. The number of halogens is 3. The second-order valence-corrected chi connectivity index (χ2v) is 9.52. The molecule has 2 aromatic rings. The van der Waals surface area contributed by atoms with Gasteiger partial charge in [-0.2, -0.15) is 17.9 Å². The van der Waals surface area contributed by atoms with E-state index in [9.17, 15) is 21.6 Å². The fraction of sp³-hybridized carbons (Fsp3) is 0.391. The lowest BCUT2D eigenvalue weighted by Crippen LogP contribution is -2.51. The van der Waals surface area contributed by atoms with Crippen molar-refractivity contribution in [1.29, 1.82) is 0 Å². The van der Waals surface area contributed by atoms with Gasteiger partial charge in [-0.3, -0.25) is 0 Å². The Morgan fingerprint density at radius 2 is 1.66 bits per heavy atom. The number of allylic oxidation sites excluding steroid dienone is 1. The Bertz CT molecular complexity index is 1090. The number of alkyl halides is 3. The minimum atomic E-state index is -4.78. The zero-order valence-corrected chi connectivity index (χ0v) is 19.8. The van der Waals surface area contributed by atoms with Crippen molar-refractivity contribution in [2.75, 3.05) is 13.7 Å². The summed E-state index contributed by atoms with van der Waals surface area (Å²) in [7, 11) is -2.86. The van der Waals surface area contributed by atoms with Gasteiger partial charge in [0.15, 0.2) is 0 Å². The minimum absolute atomic E-state index is 0.128. The van der Waals surface area contributed by atoms with Crippen LogP contribution in [-0.4, -0.2) is 34.3 Å². The quantitative estimate of drug-likeness (QED) is 0.582. The first-order valence-corrected chi connectivity index (χ1v) is 11.5. The van der Waals surface area contributed by atoms with Crippen LogP contribution in [0.1, 0.15) is 34.7 Å². The van der Waals surface area contributed by atoms with Gasteiger partial charge in [0.25, 0.3) is 0 Å². The Labute approximate surface area is 187 Å². The predicted molar refractivity (Wildman–Crippen MR) is 120 cm³/mol. The molecule has 2 aromatic carbocycles. The van der Waals surface area contributed by atoms with Crippen molar-refractivity contribution in [1.82, 2.24) is 10.0 Å². The van der Waals surface area contributed by atoms with E-state index in [0.29, 0.717) is 22.6 Å². The minimum Gasteiger partial charge on any atom is -0.497 e. The van der Waals surface area contributed by atoms with E-state index >= 15 is 0 Å². The van der Waals surface area contributed by atoms with E-state index in [0.717, 1.165) is 16.7 Å². The van der Waals surface area contributed by atoms with Gasteiger partial charge in [-0.05, 0) is 75.1 Å². The zero-order valence-electron chi connectivity index (χ0n) is 19.0. The molecule has 176 valence electrons. The summed E-state index contributed by atoms with van der Waals surface area (Å²) in [6.45, 7) is 7.77. The van der Waals surface area contributed by atoms with Gasteiger partial charge in [0.2, 0.25) is 10.0 Å². The summed E-state index contributed by atoms with van der Waals surface area (Å²) in [4.78, 5) is -0.128. The fourth-order valence-corrected chi connectivity index (χ4v) is 5.18. The Balaban J connectivity index is 2.25. The SMILES string of the molecule is COc1ccc(C)c(/C=C(/C)NCC(NS(=O)(=O)c2c(C)cc(C)cc2C)C(F)(F)F)c1. The normalized spacial score (nSPS) is 13.7. The van der Waals surface area contributed by atoms with Crippen molar-refractivity contribution in [3.8, 4) is 5.75 Å². The van der Waals surface area contributed by atoms with E-state index in [4.69, 9.17) is 4.74 Å². The molecule has 0 aliphatic carbocycles. The van der Waals surface area contributed by atoms with Crippen LogP contribution < -0.4 is 14.8 Å². The van der Waals surface area contributed by atoms with Crippen LogP contribution in [0, 0.1) is 27.7 Å². The summed E-state index contributed by atoms with van der Waals surface area (Å²) in [6, 6.07) is 6.36. The molecule has 1 unspecified atom stereocenters. The third-order valence-corrected chi connectivity index (χ3v) is 6.79. The number of nitrogens with one attached hydrogen (secondary N) is 2. The molecule has 0 saturated carbocycles. The predicted octanol–water partition coefficient (Wildman–Crippen LogP) is 4.79. The third-order valence-electron chi connectivity index (χ3n) is 5.01. The van der Waals surface area contributed by atoms with Gasteiger partial charge in [0, 0.05) is 12.2 Å². The van der Waals surface area contributed by atoms with Crippen LogP contribution in [0.4, 0.5) is 13.2 Å². The van der Waals surface area contributed by atoms with Crippen molar-refractivity contribution in [2.24, 2.45) is 0 Å². The lowest BCUT2D eigenvalue weighted by Gasteiger charge is -2.24. The number of methoxy groups -OCH3 is 1. The van der Waals surface area contributed by atoms with Gasteiger partial charge in [-0.25, -0.2) is 8.42 Å². The van der Waals surface area contributed by atoms with E-state index in [1.807, 2.05) is 17.7 Å². The Morgan fingerprint density at radius 1 is 1.06 bits per heavy atom. The molecule has 0 heterocycles. The lowest BCUT2D eigenvalue weighted by molar-refractivity contribution is -0.149. The molecular weight excluding hydrogens is 441 g/mol. The maximum absolute atomic E-state index is 13.7. The van der Waals surface area contributed by atoms with Gasteiger partial charge >= 0.3 is 6.18 Å². The van der Waals surface area contributed by atoms with Crippen LogP contribution in [0.15, 0.2) is 40.9 Å². The Kier molecular flexibility index (Phi) is 8.01. The number of ether oxygens (including phenoxy) is 1. The van der Waals surface area contributed by atoms with Crippen molar-refractivity contribution in [3.63, 3.8) is 0 Å². The van der Waals surface area contributed by atoms with Gasteiger partial charge in [-0.15, -0.1) is 0 Å². The van der Waals surface area contributed by atoms with Crippen LogP contribution in [0.2, 0.25) is 0 Å². The molecule has 2 rings (SSSR count). The molecule has 32 heavy (non-hydrogen) atoms. The van der Waals surface area contributed by atoms with E-state index in [-0.39, 0.29) is 4.90 Å². The van der Waals surface area contributed by atoms with E-state index < -0.39 is 28.8 Å². The van der Waals surface area contributed by atoms with Crippen LogP contribution in [0.5, 0.6) is 5.75 Å². The summed E-state index contributed by atoms with van der Waals surface area (Å²) in [6.07, 6.45) is -3.09. The second-order valence-electron chi connectivity index (χ2n) is 7.87. The molecule has 2 N–H and O–H groups in total. The van der Waals surface area contributed by atoms with Crippen molar-refractivity contribution in [2.45, 2.75) is 51.7 Å². The first kappa shape index (κ1) is 25.7. The number of hydrogen-bond donors (Lipinski definition) is 2. The highest BCUT2D eigenvalue weighted by Crippen LogP contribution is 2.26. The summed E-state index contributed by atoms with van der Waals surface area (Å²) in [5, 5.41) is 2.69. The molecular formula is C23H29F3N2O3S. The van der Waals surface area contributed by atoms with Crippen LogP contribution in [0.25, 0.3) is 6.08 Å². The zero-order chi connectivity index (χ0) is 24.3. The van der Waals surface area contributed by atoms with Gasteiger partial charge in [-0.1, -0.05) is 23.8 Å². The maximum Gasteiger partial charge on any atom is 0.406 e. The summed E-state index contributed by atoms with van der Waals surface area (Å²) >= 11 is 0. The van der Waals surface area contributed by atoms with Gasteiger partial charge < -0.3 is 10.1 Å². The van der Waals surface area contributed by atoms with Gasteiger partial charge in [0.05, 0.1) is 12.0 Å². The molecule has 0 aliphatic heterocycles.